The molecule has 4 heterocycles. The Hall–Kier alpha value is -2.64. The van der Waals surface area contributed by atoms with Gasteiger partial charge in [-0.3, -0.25) is 4.79 Å². The van der Waals surface area contributed by atoms with Gasteiger partial charge in [0.25, 0.3) is 0 Å². The van der Waals surface area contributed by atoms with Crippen LogP contribution in [-0.4, -0.2) is 49.9 Å². The highest BCUT2D eigenvalue weighted by atomic mass is 16.5. The van der Waals surface area contributed by atoms with Crippen molar-refractivity contribution in [2.24, 2.45) is 11.8 Å². The first-order valence-electron chi connectivity index (χ1n) is 12.9. The van der Waals surface area contributed by atoms with Crippen molar-refractivity contribution in [2.45, 2.75) is 51.2 Å². The van der Waals surface area contributed by atoms with E-state index in [2.05, 4.69) is 39.5 Å². The summed E-state index contributed by atoms with van der Waals surface area (Å²) < 4.78 is 11.7. The predicted octanol–water partition coefficient (Wildman–Crippen LogP) is 4.49. The average molecular weight is 463 g/mol. The van der Waals surface area contributed by atoms with Gasteiger partial charge < -0.3 is 24.6 Å². The molecule has 0 bridgehead atoms. The van der Waals surface area contributed by atoms with Gasteiger partial charge in [-0.1, -0.05) is 12.5 Å². The Bertz CT molecular complexity index is 1040. The van der Waals surface area contributed by atoms with E-state index in [0.717, 1.165) is 87.0 Å². The number of anilines is 4. The largest absolute Gasteiger partial charge is 0.378 e. The van der Waals surface area contributed by atoms with Gasteiger partial charge in [-0.05, 0) is 62.3 Å². The van der Waals surface area contributed by atoms with Crippen molar-refractivity contribution in [1.29, 1.82) is 0 Å². The highest BCUT2D eigenvalue weighted by molar-refractivity contribution is 6.00. The molecular formula is C27H34N4O3. The maximum atomic E-state index is 14.1. The molecule has 4 aliphatic rings. The van der Waals surface area contributed by atoms with Crippen molar-refractivity contribution >= 4 is 28.8 Å². The second-order valence-electron chi connectivity index (χ2n) is 10.0. The SMILES string of the molecule is O=C([C@@H]1CC[C@@H]2OCCCC[C@@H]2C1)N1Cc2cccnc2Nc2ccc(N3CCOCC3)cc21. The third kappa shape index (κ3) is 4.27. The fourth-order valence-corrected chi connectivity index (χ4v) is 6.07. The Labute approximate surface area is 201 Å². The third-order valence-corrected chi connectivity index (χ3v) is 7.95. The van der Waals surface area contributed by atoms with Crippen molar-refractivity contribution < 1.29 is 14.3 Å². The van der Waals surface area contributed by atoms with E-state index in [9.17, 15) is 4.79 Å². The topological polar surface area (TPSA) is 66.9 Å². The van der Waals surface area contributed by atoms with Gasteiger partial charge in [0.15, 0.2) is 0 Å². The number of pyridine rings is 1. The Morgan fingerprint density at radius 3 is 2.88 bits per heavy atom. The molecule has 6 rings (SSSR count). The highest BCUT2D eigenvalue weighted by Crippen LogP contribution is 2.42. The van der Waals surface area contributed by atoms with Crippen LogP contribution in [0.3, 0.4) is 0 Å². The first kappa shape index (κ1) is 21.9. The van der Waals surface area contributed by atoms with Crippen molar-refractivity contribution in [1.82, 2.24) is 4.98 Å². The molecule has 1 aromatic carbocycles. The number of hydrogen-bond donors (Lipinski definition) is 1. The number of carbonyl (C=O) groups is 1. The second-order valence-corrected chi connectivity index (χ2v) is 10.0. The fraction of sp³-hybridized carbons (Fsp3) is 0.556. The van der Waals surface area contributed by atoms with Crippen molar-refractivity contribution in [3.8, 4) is 0 Å². The smallest absolute Gasteiger partial charge is 0.230 e. The maximum absolute atomic E-state index is 14.1. The molecule has 1 amide bonds. The number of carbonyl (C=O) groups excluding carboxylic acids is 1. The summed E-state index contributed by atoms with van der Waals surface area (Å²) in [5.74, 6) is 1.62. The maximum Gasteiger partial charge on any atom is 0.230 e. The van der Waals surface area contributed by atoms with Crippen LogP contribution in [0.1, 0.15) is 44.1 Å². The third-order valence-electron chi connectivity index (χ3n) is 7.95. The van der Waals surface area contributed by atoms with Crippen LogP contribution in [0.25, 0.3) is 0 Å². The van der Waals surface area contributed by atoms with Gasteiger partial charge in [-0.25, -0.2) is 4.98 Å². The van der Waals surface area contributed by atoms with E-state index < -0.39 is 0 Å². The van der Waals surface area contributed by atoms with Crippen molar-refractivity contribution in [3.63, 3.8) is 0 Å². The number of benzene rings is 1. The molecule has 3 aliphatic heterocycles. The Morgan fingerprint density at radius 2 is 1.97 bits per heavy atom. The first-order valence-corrected chi connectivity index (χ1v) is 12.9. The summed E-state index contributed by atoms with van der Waals surface area (Å²) >= 11 is 0. The Kier molecular flexibility index (Phi) is 6.14. The van der Waals surface area contributed by atoms with Crippen LogP contribution in [0, 0.1) is 11.8 Å². The van der Waals surface area contributed by atoms with Crippen LogP contribution in [0.4, 0.5) is 22.9 Å². The van der Waals surface area contributed by atoms with E-state index in [0.29, 0.717) is 18.6 Å². The lowest BCUT2D eigenvalue weighted by molar-refractivity contribution is -0.125. The van der Waals surface area contributed by atoms with Crippen LogP contribution < -0.4 is 15.1 Å². The van der Waals surface area contributed by atoms with Gasteiger partial charge in [-0.15, -0.1) is 0 Å². The molecular weight excluding hydrogens is 428 g/mol. The minimum atomic E-state index is 0.0427. The number of fused-ring (bicyclic) bond motifs is 3. The molecule has 2 saturated heterocycles. The van der Waals surface area contributed by atoms with Crippen LogP contribution >= 0.6 is 0 Å². The fourth-order valence-electron chi connectivity index (χ4n) is 6.07. The second kappa shape index (κ2) is 9.55. The number of hydrogen-bond acceptors (Lipinski definition) is 6. The number of rotatable bonds is 2. The zero-order valence-electron chi connectivity index (χ0n) is 19.7. The van der Waals surface area contributed by atoms with E-state index >= 15 is 0 Å². The van der Waals surface area contributed by atoms with E-state index in [1.54, 1.807) is 6.20 Å². The zero-order chi connectivity index (χ0) is 22.9. The summed E-state index contributed by atoms with van der Waals surface area (Å²) in [5.41, 5.74) is 4.08. The van der Waals surface area contributed by atoms with Gasteiger partial charge in [0.1, 0.15) is 5.82 Å². The van der Waals surface area contributed by atoms with E-state index in [-0.39, 0.29) is 11.8 Å². The number of amides is 1. The summed E-state index contributed by atoms with van der Waals surface area (Å²) in [6, 6.07) is 10.4. The van der Waals surface area contributed by atoms with Crippen LogP contribution in [0.2, 0.25) is 0 Å². The highest BCUT2D eigenvalue weighted by Gasteiger charge is 2.38. The molecule has 7 nitrogen and oxygen atoms in total. The molecule has 7 heteroatoms. The summed E-state index contributed by atoms with van der Waals surface area (Å²) in [4.78, 5) is 23.1. The molecule has 0 unspecified atom stereocenters. The normalized spacial score (nSPS) is 26.9. The molecule has 1 N–H and O–H groups in total. The summed E-state index contributed by atoms with van der Waals surface area (Å²) in [7, 11) is 0. The van der Waals surface area contributed by atoms with Gasteiger partial charge in [-0.2, -0.15) is 0 Å². The lowest BCUT2D eigenvalue weighted by Crippen LogP contribution is -2.41. The standard InChI is InChI=1S/C27H34N4O3/c32-27(20-6-9-25-19(16-20)4-1-2-13-34-25)31-18-21-5-3-10-28-26(21)29-23-8-7-22(17-24(23)31)30-11-14-33-15-12-30/h3,5,7-8,10,17,19-20,25H,1-2,4,6,9,11-16,18H2,(H,28,29)/t19-,20-,25+/m1/s1. The first-order chi connectivity index (χ1) is 16.8. The summed E-state index contributed by atoms with van der Waals surface area (Å²) in [6.45, 7) is 4.62. The monoisotopic (exact) mass is 462 g/mol. The lowest BCUT2D eigenvalue weighted by Gasteiger charge is -2.37. The molecule has 0 spiro atoms. The molecule has 1 aliphatic carbocycles. The number of nitrogens with zero attached hydrogens (tertiary/aromatic N) is 3. The van der Waals surface area contributed by atoms with E-state index in [1.165, 1.54) is 12.8 Å². The predicted molar refractivity (Wildman–Crippen MR) is 133 cm³/mol. The number of morpholine rings is 1. The van der Waals surface area contributed by atoms with Crippen LogP contribution in [0.5, 0.6) is 0 Å². The molecule has 1 saturated carbocycles. The van der Waals surface area contributed by atoms with Crippen molar-refractivity contribution in [3.05, 3.63) is 42.1 Å². The molecule has 34 heavy (non-hydrogen) atoms. The van der Waals surface area contributed by atoms with Crippen LogP contribution in [-0.2, 0) is 20.8 Å². The molecule has 2 aromatic rings. The molecule has 3 fully saturated rings. The van der Waals surface area contributed by atoms with Gasteiger partial charge in [0, 0.05) is 43.1 Å². The van der Waals surface area contributed by atoms with Gasteiger partial charge in [0.05, 0.1) is 37.2 Å². The van der Waals surface area contributed by atoms with E-state index in [1.807, 2.05) is 11.0 Å². The molecule has 180 valence electrons. The molecule has 1 aromatic heterocycles. The van der Waals surface area contributed by atoms with E-state index in [4.69, 9.17) is 9.47 Å². The Balaban J connectivity index is 1.33. The average Bonchev–Trinajstić information content (AvgIpc) is 3.22. The zero-order valence-corrected chi connectivity index (χ0v) is 19.7. The van der Waals surface area contributed by atoms with Gasteiger partial charge in [0.2, 0.25) is 5.91 Å². The van der Waals surface area contributed by atoms with Gasteiger partial charge >= 0.3 is 0 Å². The summed E-state index contributed by atoms with van der Waals surface area (Å²) in [6.07, 6.45) is 8.51. The number of ether oxygens (including phenoxy) is 2. The minimum absolute atomic E-state index is 0.0427. The molecule has 0 radical (unpaired) electrons. The summed E-state index contributed by atoms with van der Waals surface area (Å²) in [5, 5.41) is 3.51. The Morgan fingerprint density at radius 1 is 1.06 bits per heavy atom. The molecule has 3 atom stereocenters. The quantitative estimate of drug-likeness (QED) is 0.709. The number of nitrogens with one attached hydrogen (secondary N) is 1. The number of aromatic nitrogens is 1. The van der Waals surface area contributed by atoms with Crippen molar-refractivity contribution in [2.75, 3.05) is 48.0 Å². The van der Waals surface area contributed by atoms with Crippen LogP contribution in [0.15, 0.2) is 36.5 Å². The minimum Gasteiger partial charge on any atom is -0.378 e. The lowest BCUT2D eigenvalue weighted by atomic mass is 9.77.